The quantitative estimate of drug-likeness (QED) is 0.333. The summed E-state index contributed by atoms with van der Waals surface area (Å²) >= 11 is 2.82. The number of thioether (sulfide) groups is 2. The Morgan fingerprint density at radius 1 is 1.15 bits per heavy atom. The molecule has 3 N–H and O–H groups in total. The molecule has 0 spiro atoms. The van der Waals surface area contributed by atoms with Gasteiger partial charge in [-0.1, -0.05) is 18.2 Å². The van der Waals surface area contributed by atoms with E-state index in [-0.39, 0.29) is 23.5 Å². The van der Waals surface area contributed by atoms with Gasteiger partial charge in [-0.25, -0.2) is 9.20 Å². The molecule has 0 unspecified atom stereocenters. The summed E-state index contributed by atoms with van der Waals surface area (Å²) in [4.78, 5) is 34.2. The summed E-state index contributed by atoms with van der Waals surface area (Å²) < 4.78 is 6.96. The molecule has 11 nitrogen and oxygen atoms in total. The third-order valence-corrected chi connectivity index (χ3v) is 7.69. The third-order valence-electron chi connectivity index (χ3n) is 5.33. The van der Waals surface area contributed by atoms with Crippen molar-refractivity contribution in [1.29, 1.82) is 0 Å². The number of nitrogens with one attached hydrogen (secondary N) is 3. The minimum Gasteiger partial charge on any atom is -0.463 e. The van der Waals surface area contributed by atoms with Gasteiger partial charge in [-0.15, -0.1) is 22.0 Å². The summed E-state index contributed by atoms with van der Waals surface area (Å²) in [6.07, 6.45) is 3.09. The maximum absolute atomic E-state index is 12.8. The Bertz CT molecular complexity index is 1070. The van der Waals surface area contributed by atoms with E-state index in [2.05, 4.69) is 36.1 Å². The van der Waals surface area contributed by atoms with E-state index in [0.717, 1.165) is 19.3 Å². The number of carbonyl (C=O) groups is 2. The summed E-state index contributed by atoms with van der Waals surface area (Å²) in [5, 5.41) is 19.0. The Morgan fingerprint density at radius 3 is 2.73 bits per heavy atom. The van der Waals surface area contributed by atoms with Crippen LogP contribution in [0.2, 0.25) is 0 Å². The van der Waals surface area contributed by atoms with E-state index in [9.17, 15) is 9.59 Å². The van der Waals surface area contributed by atoms with Crippen LogP contribution in [-0.4, -0.2) is 67.1 Å². The standard InChI is InChI=1S/C20H28N8O3S2/c1-4-21-17-24-18(22-5-2)28-19(25-17)26-27-20(28)32-10-13(29)23-15-14(16(30)31-6-3)11-8-7-9-12(11)33-15/h11-12H,4-10H2,1-3H3,(H,23,29)(H2,21,22,24,25,26)/t11-,12+/m0/s1. The summed E-state index contributed by atoms with van der Waals surface area (Å²) in [5.74, 6) is 1.14. The third kappa shape index (κ3) is 5.03. The smallest absolute Gasteiger partial charge is 0.336 e. The molecule has 4 rings (SSSR count). The first-order chi connectivity index (χ1) is 16.0. The fourth-order valence-corrected chi connectivity index (χ4v) is 6.31. The first kappa shape index (κ1) is 23.6. The number of fused-ring (bicyclic) bond motifs is 2. The summed E-state index contributed by atoms with van der Waals surface area (Å²) in [6.45, 7) is 7.37. The predicted octanol–water partition coefficient (Wildman–Crippen LogP) is 2.28. The molecular weight excluding hydrogens is 464 g/mol. The Kier molecular flexibility index (Phi) is 7.58. The molecule has 1 fully saturated rings. The van der Waals surface area contributed by atoms with Crippen LogP contribution in [-0.2, 0) is 14.3 Å². The molecular formula is C20H28N8O3S2. The number of ether oxygens (including phenoxy) is 1. The normalized spacial score (nSPS) is 19.6. The lowest BCUT2D eigenvalue weighted by Crippen LogP contribution is -2.26. The Labute approximate surface area is 200 Å². The molecule has 0 aromatic carbocycles. The largest absolute Gasteiger partial charge is 0.463 e. The van der Waals surface area contributed by atoms with E-state index in [1.165, 1.54) is 11.8 Å². The van der Waals surface area contributed by atoms with Crippen molar-refractivity contribution in [3.8, 4) is 0 Å². The van der Waals surface area contributed by atoms with Crippen molar-refractivity contribution >= 4 is 53.1 Å². The monoisotopic (exact) mass is 492 g/mol. The number of nitrogens with zero attached hydrogens (tertiary/aromatic N) is 5. The number of hydrogen-bond donors (Lipinski definition) is 3. The highest BCUT2D eigenvalue weighted by atomic mass is 32.2. The van der Waals surface area contributed by atoms with Crippen LogP contribution in [0.1, 0.15) is 40.0 Å². The molecule has 1 aliphatic heterocycles. The average Bonchev–Trinajstić information content (AvgIpc) is 3.47. The molecule has 2 aromatic heterocycles. The maximum atomic E-state index is 12.8. The van der Waals surface area contributed by atoms with Gasteiger partial charge in [0.25, 0.3) is 5.78 Å². The lowest BCUT2D eigenvalue weighted by atomic mass is 9.98. The van der Waals surface area contributed by atoms with Gasteiger partial charge >= 0.3 is 5.97 Å². The molecule has 1 amide bonds. The molecule has 0 radical (unpaired) electrons. The topological polar surface area (TPSA) is 135 Å². The van der Waals surface area contributed by atoms with Crippen LogP contribution in [0.5, 0.6) is 0 Å². The van der Waals surface area contributed by atoms with Crippen LogP contribution in [0.3, 0.4) is 0 Å². The van der Waals surface area contributed by atoms with Gasteiger partial charge in [-0.2, -0.15) is 9.97 Å². The van der Waals surface area contributed by atoms with Gasteiger partial charge in [-0.3, -0.25) is 4.79 Å². The minimum absolute atomic E-state index is 0.108. The SMILES string of the molecule is CCNc1nc(NCC)n2c(SCC(=O)NC3=C(C(=O)OCC)[C@H]4CCC[C@H]4S3)nnc2n1. The lowest BCUT2D eigenvalue weighted by Gasteiger charge is -2.12. The molecule has 178 valence electrons. The number of hydrogen-bond acceptors (Lipinski definition) is 11. The number of anilines is 2. The molecule has 3 heterocycles. The maximum Gasteiger partial charge on any atom is 0.336 e. The van der Waals surface area contributed by atoms with E-state index in [4.69, 9.17) is 4.74 Å². The highest BCUT2D eigenvalue weighted by Gasteiger charge is 2.43. The lowest BCUT2D eigenvalue weighted by molar-refractivity contribution is -0.139. The van der Waals surface area contributed by atoms with E-state index in [1.54, 1.807) is 23.1 Å². The summed E-state index contributed by atoms with van der Waals surface area (Å²) in [7, 11) is 0. The second kappa shape index (κ2) is 10.6. The van der Waals surface area contributed by atoms with Gasteiger partial charge in [0, 0.05) is 24.3 Å². The van der Waals surface area contributed by atoms with Crippen molar-refractivity contribution in [2.24, 2.45) is 5.92 Å². The second-order valence-electron chi connectivity index (χ2n) is 7.54. The minimum atomic E-state index is -0.324. The van der Waals surface area contributed by atoms with Crippen LogP contribution in [0.25, 0.3) is 5.78 Å². The van der Waals surface area contributed by atoms with Crippen molar-refractivity contribution < 1.29 is 14.3 Å². The molecule has 2 aliphatic rings. The van der Waals surface area contributed by atoms with Gasteiger partial charge < -0.3 is 20.7 Å². The zero-order valence-electron chi connectivity index (χ0n) is 18.9. The molecule has 33 heavy (non-hydrogen) atoms. The molecule has 0 bridgehead atoms. The molecule has 2 aromatic rings. The van der Waals surface area contributed by atoms with E-state index >= 15 is 0 Å². The van der Waals surface area contributed by atoms with Crippen LogP contribution < -0.4 is 16.0 Å². The van der Waals surface area contributed by atoms with Crippen molar-refractivity contribution in [2.45, 2.75) is 50.4 Å². The van der Waals surface area contributed by atoms with Gasteiger partial charge in [-0.05, 0) is 33.6 Å². The number of rotatable bonds is 10. The van der Waals surface area contributed by atoms with Crippen molar-refractivity contribution in [3.63, 3.8) is 0 Å². The van der Waals surface area contributed by atoms with Crippen molar-refractivity contribution in [3.05, 3.63) is 10.6 Å². The Morgan fingerprint density at radius 2 is 1.97 bits per heavy atom. The Balaban J connectivity index is 1.48. The molecule has 0 saturated heterocycles. The van der Waals surface area contributed by atoms with Gasteiger partial charge in [0.1, 0.15) is 0 Å². The highest BCUT2D eigenvalue weighted by Crippen LogP contribution is 2.49. The Hall–Kier alpha value is -2.54. The average molecular weight is 493 g/mol. The fourth-order valence-electron chi connectivity index (χ4n) is 4.02. The van der Waals surface area contributed by atoms with E-state index < -0.39 is 0 Å². The van der Waals surface area contributed by atoms with Crippen LogP contribution in [0.15, 0.2) is 15.8 Å². The number of amides is 1. The first-order valence-electron chi connectivity index (χ1n) is 11.2. The zero-order chi connectivity index (χ0) is 23.4. The van der Waals surface area contributed by atoms with Crippen LogP contribution >= 0.6 is 23.5 Å². The van der Waals surface area contributed by atoms with Crippen LogP contribution in [0.4, 0.5) is 11.9 Å². The van der Waals surface area contributed by atoms with Gasteiger partial charge in [0.05, 0.1) is 23.0 Å². The highest BCUT2D eigenvalue weighted by molar-refractivity contribution is 8.04. The predicted molar refractivity (Wildman–Crippen MR) is 128 cm³/mol. The van der Waals surface area contributed by atoms with E-state index in [1.807, 2.05) is 13.8 Å². The van der Waals surface area contributed by atoms with Gasteiger partial charge in [0.15, 0.2) is 5.16 Å². The zero-order valence-corrected chi connectivity index (χ0v) is 20.5. The van der Waals surface area contributed by atoms with E-state index in [0.29, 0.717) is 58.4 Å². The van der Waals surface area contributed by atoms with Crippen LogP contribution in [0, 0.1) is 5.92 Å². The second-order valence-corrected chi connectivity index (χ2v) is 9.74. The summed E-state index contributed by atoms with van der Waals surface area (Å²) in [6, 6.07) is 0. The molecule has 1 saturated carbocycles. The van der Waals surface area contributed by atoms with Gasteiger partial charge in [0.2, 0.25) is 17.8 Å². The molecule has 1 aliphatic carbocycles. The van der Waals surface area contributed by atoms with Crippen molar-refractivity contribution in [1.82, 2.24) is 29.9 Å². The number of esters is 1. The fraction of sp³-hybridized carbons (Fsp3) is 0.600. The summed E-state index contributed by atoms with van der Waals surface area (Å²) in [5.41, 5.74) is 0.620. The molecule has 2 atom stereocenters. The van der Waals surface area contributed by atoms with Crippen molar-refractivity contribution in [2.75, 3.05) is 36.1 Å². The molecule has 13 heteroatoms. The first-order valence-corrected chi connectivity index (χ1v) is 13.0. The number of carbonyl (C=O) groups excluding carboxylic acids is 2. The number of aromatic nitrogens is 5.